The minimum Gasteiger partial charge on any atom is -0.481 e. The quantitative estimate of drug-likeness (QED) is 0.805. The fourth-order valence-corrected chi connectivity index (χ4v) is 2.01. The molecule has 5 nitrogen and oxygen atoms in total. The van der Waals surface area contributed by atoms with Crippen molar-refractivity contribution in [2.75, 3.05) is 19.6 Å². The van der Waals surface area contributed by atoms with Crippen LogP contribution in [0.5, 0.6) is 0 Å². The minimum absolute atomic E-state index is 0.0208. The number of carboxylic acids is 1. The van der Waals surface area contributed by atoms with E-state index in [2.05, 4.69) is 26.1 Å². The first-order chi connectivity index (χ1) is 8.26. The summed E-state index contributed by atoms with van der Waals surface area (Å²) in [5, 5.41) is 11.9. The third-order valence-electron chi connectivity index (χ3n) is 3.89. The number of carbonyl (C=O) groups is 2. The normalized spacial score (nSPS) is 24.1. The Labute approximate surface area is 109 Å². The molecule has 1 heterocycles. The fraction of sp³-hybridized carbons (Fsp3) is 0.846. The molecule has 2 atom stereocenters. The number of nitrogens with one attached hydrogen (secondary N) is 1. The van der Waals surface area contributed by atoms with Gasteiger partial charge >= 0.3 is 12.0 Å². The van der Waals surface area contributed by atoms with Gasteiger partial charge in [-0.15, -0.1) is 0 Å². The smallest absolute Gasteiger partial charge is 0.317 e. The summed E-state index contributed by atoms with van der Waals surface area (Å²) in [6, 6.07) is -0.146. The molecule has 1 fully saturated rings. The first-order valence-corrected chi connectivity index (χ1v) is 6.52. The van der Waals surface area contributed by atoms with Gasteiger partial charge in [0.05, 0.1) is 5.92 Å². The summed E-state index contributed by atoms with van der Waals surface area (Å²) in [5.74, 6) is -1.23. The predicted octanol–water partition coefficient (Wildman–Crippen LogP) is 1.78. The summed E-state index contributed by atoms with van der Waals surface area (Å²) in [7, 11) is 0. The number of hydrogen-bond acceptors (Lipinski definition) is 2. The number of nitrogens with zero attached hydrogens (tertiary/aromatic N) is 1. The maximum Gasteiger partial charge on any atom is 0.317 e. The molecule has 104 valence electrons. The third kappa shape index (κ3) is 3.62. The molecule has 2 amide bonds. The molecule has 0 bridgehead atoms. The van der Waals surface area contributed by atoms with E-state index in [1.54, 1.807) is 4.90 Å². The van der Waals surface area contributed by atoms with Gasteiger partial charge in [-0.1, -0.05) is 27.7 Å². The van der Waals surface area contributed by atoms with Crippen molar-refractivity contribution in [3.8, 4) is 0 Å². The Morgan fingerprint density at radius 1 is 1.39 bits per heavy atom. The first kappa shape index (κ1) is 14.8. The lowest BCUT2D eigenvalue weighted by Gasteiger charge is -2.25. The van der Waals surface area contributed by atoms with Gasteiger partial charge in [-0.3, -0.25) is 4.79 Å². The lowest BCUT2D eigenvalue weighted by atomic mass is 9.90. The molecular formula is C13H24N2O3. The minimum atomic E-state index is -0.813. The number of likely N-dealkylation sites (tertiary alicyclic amines) is 1. The molecule has 5 heteroatoms. The summed E-state index contributed by atoms with van der Waals surface area (Å²) in [6.45, 7) is 9.61. The standard InChI is InChI=1S/C13H24N2O3/c1-5-13(3,4)8-14-12(18)15-6-9(2)10(7-15)11(16)17/h9-10H,5-8H2,1-4H3,(H,14,18)(H,16,17). The van der Waals surface area contributed by atoms with Crippen molar-refractivity contribution in [2.24, 2.45) is 17.3 Å². The van der Waals surface area contributed by atoms with Crippen LogP contribution in [0, 0.1) is 17.3 Å². The monoisotopic (exact) mass is 256 g/mol. The van der Waals surface area contributed by atoms with Gasteiger partial charge in [0.25, 0.3) is 0 Å². The second-order valence-electron chi connectivity index (χ2n) is 6.00. The molecule has 1 saturated heterocycles. The molecule has 0 spiro atoms. The first-order valence-electron chi connectivity index (χ1n) is 6.52. The zero-order chi connectivity index (χ0) is 13.9. The highest BCUT2D eigenvalue weighted by atomic mass is 16.4. The number of carbonyl (C=O) groups excluding carboxylic acids is 1. The van der Waals surface area contributed by atoms with E-state index in [1.807, 2.05) is 6.92 Å². The highest BCUT2D eigenvalue weighted by molar-refractivity contribution is 5.77. The molecule has 0 aromatic heterocycles. The molecular weight excluding hydrogens is 232 g/mol. The second-order valence-corrected chi connectivity index (χ2v) is 6.00. The number of rotatable bonds is 4. The van der Waals surface area contributed by atoms with Gasteiger partial charge < -0.3 is 15.3 Å². The van der Waals surface area contributed by atoms with Gasteiger partial charge in [0.2, 0.25) is 0 Å². The molecule has 1 aliphatic heterocycles. The van der Waals surface area contributed by atoms with Crippen LogP contribution in [-0.2, 0) is 4.79 Å². The zero-order valence-corrected chi connectivity index (χ0v) is 11.7. The summed E-state index contributed by atoms with van der Waals surface area (Å²) < 4.78 is 0. The molecule has 2 unspecified atom stereocenters. The molecule has 0 saturated carbocycles. The highest BCUT2D eigenvalue weighted by Gasteiger charge is 2.37. The number of amides is 2. The van der Waals surface area contributed by atoms with E-state index in [1.165, 1.54) is 0 Å². The maximum absolute atomic E-state index is 11.9. The van der Waals surface area contributed by atoms with Crippen LogP contribution in [0.4, 0.5) is 4.79 Å². The average Bonchev–Trinajstić information content (AvgIpc) is 2.68. The van der Waals surface area contributed by atoms with Crippen LogP contribution in [0.15, 0.2) is 0 Å². The fourth-order valence-electron chi connectivity index (χ4n) is 2.01. The van der Waals surface area contributed by atoms with Crippen LogP contribution in [0.1, 0.15) is 34.1 Å². The van der Waals surface area contributed by atoms with Crippen molar-refractivity contribution in [3.63, 3.8) is 0 Å². The lowest BCUT2D eigenvalue weighted by molar-refractivity contribution is -0.142. The Kier molecular flexibility index (Phi) is 4.59. The Morgan fingerprint density at radius 3 is 2.44 bits per heavy atom. The maximum atomic E-state index is 11.9. The predicted molar refractivity (Wildman–Crippen MR) is 69.3 cm³/mol. The van der Waals surface area contributed by atoms with Crippen molar-refractivity contribution < 1.29 is 14.7 Å². The Morgan fingerprint density at radius 2 is 2.00 bits per heavy atom. The van der Waals surface area contributed by atoms with Crippen LogP contribution < -0.4 is 5.32 Å². The van der Waals surface area contributed by atoms with E-state index in [0.717, 1.165) is 6.42 Å². The van der Waals surface area contributed by atoms with Gasteiger partial charge in [-0.25, -0.2) is 4.79 Å². The molecule has 0 aromatic carbocycles. The Bertz CT molecular complexity index is 328. The van der Waals surface area contributed by atoms with E-state index < -0.39 is 11.9 Å². The average molecular weight is 256 g/mol. The third-order valence-corrected chi connectivity index (χ3v) is 3.89. The lowest BCUT2D eigenvalue weighted by Crippen LogP contribution is -2.42. The largest absolute Gasteiger partial charge is 0.481 e. The molecule has 2 N–H and O–H groups in total. The van der Waals surface area contributed by atoms with Crippen LogP contribution >= 0.6 is 0 Å². The van der Waals surface area contributed by atoms with E-state index in [4.69, 9.17) is 5.11 Å². The van der Waals surface area contributed by atoms with Gasteiger partial charge in [0.15, 0.2) is 0 Å². The molecule has 0 radical (unpaired) electrons. The van der Waals surface area contributed by atoms with Crippen molar-refractivity contribution in [3.05, 3.63) is 0 Å². The van der Waals surface area contributed by atoms with Crippen LogP contribution in [0.25, 0.3) is 0 Å². The molecule has 1 rings (SSSR count). The number of carboxylic acid groups (broad SMARTS) is 1. The summed E-state index contributed by atoms with van der Waals surface area (Å²) in [6.07, 6.45) is 0.988. The van der Waals surface area contributed by atoms with Crippen molar-refractivity contribution in [1.82, 2.24) is 10.2 Å². The van der Waals surface area contributed by atoms with Crippen molar-refractivity contribution in [2.45, 2.75) is 34.1 Å². The van der Waals surface area contributed by atoms with Crippen molar-refractivity contribution >= 4 is 12.0 Å². The summed E-state index contributed by atoms with van der Waals surface area (Å²) >= 11 is 0. The van der Waals surface area contributed by atoms with Crippen molar-refractivity contribution in [1.29, 1.82) is 0 Å². The van der Waals surface area contributed by atoms with E-state index in [9.17, 15) is 9.59 Å². The van der Waals surface area contributed by atoms with Gasteiger partial charge in [-0.2, -0.15) is 0 Å². The Balaban J connectivity index is 2.47. The number of hydrogen-bond donors (Lipinski definition) is 2. The van der Waals surface area contributed by atoms with Crippen LogP contribution in [-0.4, -0.2) is 41.6 Å². The van der Waals surface area contributed by atoms with E-state index >= 15 is 0 Å². The van der Waals surface area contributed by atoms with Gasteiger partial charge in [0.1, 0.15) is 0 Å². The number of aliphatic carboxylic acids is 1. The summed E-state index contributed by atoms with van der Waals surface area (Å²) in [4.78, 5) is 24.5. The zero-order valence-electron chi connectivity index (χ0n) is 11.7. The second kappa shape index (κ2) is 5.59. The topological polar surface area (TPSA) is 69.6 Å². The molecule has 0 aromatic rings. The SMILES string of the molecule is CCC(C)(C)CNC(=O)N1CC(C)C(C(=O)O)C1. The summed E-state index contributed by atoms with van der Waals surface area (Å²) in [5.41, 5.74) is 0.0766. The van der Waals surface area contributed by atoms with Crippen LogP contribution in [0.2, 0.25) is 0 Å². The molecule has 0 aliphatic carbocycles. The van der Waals surface area contributed by atoms with E-state index in [-0.39, 0.29) is 17.4 Å². The number of urea groups is 1. The highest BCUT2D eigenvalue weighted by Crippen LogP contribution is 2.23. The molecule has 1 aliphatic rings. The van der Waals surface area contributed by atoms with E-state index in [0.29, 0.717) is 19.6 Å². The molecule has 18 heavy (non-hydrogen) atoms. The van der Waals surface area contributed by atoms with Gasteiger partial charge in [-0.05, 0) is 17.8 Å². The Hall–Kier alpha value is -1.26. The van der Waals surface area contributed by atoms with Gasteiger partial charge in [0, 0.05) is 19.6 Å². The van der Waals surface area contributed by atoms with Crippen LogP contribution in [0.3, 0.4) is 0 Å².